The fourth-order valence-electron chi connectivity index (χ4n) is 2.26. The van der Waals surface area contributed by atoms with Crippen LogP contribution in [0.1, 0.15) is 22.6 Å². The number of hydrogen-bond donors (Lipinski definition) is 1. The zero-order chi connectivity index (χ0) is 16.1. The Bertz CT molecular complexity index is 720. The Hall–Kier alpha value is -2.51. The summed E-state index contributed by atoms with van der Waals surface area (Å²) in [5.74, 6) is -1.24. The first kappa shape index (κ1) is 15.9. The Morgan fingerprint density at radius 1 is 1.32 bits per heavy atom. The number of nitriles is 1. The van der Waals surface area contributed by atoms with Crippen molar-refractivity contribution in [1.82, 2.24) is 0 Å². The largest absolute Gasteiger partial charge is 0.496 e. The summed E-state index contributed by atoms with van der Waals surface area (Å²) < 4.78 is 5.24. The monoisotopic (exact) mass is 315 g/mol. The van der Waals surface area contributed by atoms with E-state index in [1.54, 1.807) is 42.5 Å². The van der Waals surface area contributed by atoms with Gasteiger partial charge in [-0.3, -0.25) is 4.79 Å². The number of benzene rings is 2. The van der Waals surface area contributed by atoms with Crippen LogP contribution in [0.2, 0.25) is 5.02 Å². The van der Waals surface area contributed by atoms with Crippen molar-refractivity contribution < 1.29 is 14.6 Å². The SMILES string of the molecule is COc1ccc(Cl)cc1C(Cc1ccc(C#N)cc1)C(=O)O. The highest BCUT2D eigenvalue weighted by molar-refractivity contribution is 6.30. The first-order chi connectivity index (χ1) is 10.5. The summed E-state index contributed by atoms with van der Waals surface area (Å²) in [6, 6.07) is 13.8. The molecule has 1 atom stereocenters. The highest BCUT2D eigenvalue weighted by Gasteiger charge is 2.24. The number of hydrogen-bond acceptors (Lipinski definition) is 3. The molecule has 4 nitrogen and oxygen atoms in total. The second-order valence-electron chi connectivity index (χ2n) is 4.79. The fraction of sp³-hybridized carbons (Fsp3) is 0.176. The van der Waals surface area contributed by atoms with Gasteiger partial charge in [-0.15, -0.1) is 0 Å². The third kappa shape index (κ3) is 3.57. The zero-order valence-electron chi connectivity index (χ0n) is 11.9. The normalized spacial score (nSPS) is 11.5. The maximum Gasteiger partial charge on any atom is 0.311 e. The number of carboxylic acids is 1. The molecule has 0 aliphatic rings. The van der Waals surface area contributed by atoms with Gasteiger partial charge in [0.2, 0.25) is 0 Å². The van der Waals surface area contributed by atoms with Gasteiger partial charge < -0.3 is 9.84 Å². The molecule has 0 aliphatic carbocycles. The molecule has 0 fully saturated rings. The number of carboxylic acid groups (broad SMARTS) is 1. The Balaban J connectivity index is 2.36. The zero-order valence-corrected chi connectivity index (χ0v) is 12.7. The summed E-state index contributed by atoms with van der Waals surface area (Å²) in [5.41, 5.74) is 1.90. The third-order valence-corrected chi connectivity index (χ3v) is 3.62. The average molecular weight is 316 g/mol. The van der Waals surface area contributed by atoms with E-state index in [2.05, 4.69) is 0 Å². The van der Waals surface area contributed by atoms with Crippen LogP contribution in [0.3, 0.4) is 0 Å². The van der Waals surface area contributed by atoms with Gasteiger partial charge in [-0.2, -0.15) is 5.26 Å². The van der Waals surface area contributed by atoms with Gasteiger partial charge in [-0.1, -0.05) is 23.7 Å². The number of ether oxygens (including phenoxy) is 1. The third-order valence-electron chi connectivity index (χ3n) is 3.39. The Morgan fingerprint density at radius 3 is 2.55 bits per heavy atom. The molecule has 1 unspecified atom stereocenters. The lowest BCUT2D eigenvalue weighted by molar-refractivity contribution is -0.138. The van der Waals surface area contributed by atoms with E-state index >= 15 is 0 Å². The van der Waals surface area contributed by atoms with Gasteiger partial charge in [0, 0.05) is 10.6 Å². The lowest BCUT2D eigenvalue weighted by Gasteiger charge is -2.16. The molecule has 0 bridgehead atoms. The highest BCUT2D eigenvalue weighted by Crippen LogP contribution is 2.32. The van der Waals surface area contributed by atoms with Crippen molar-refractivity contribution >= 4 is 17.6 Å². The van der Waals surface area contributed by atoms with Crippen molar-refractivity contribution in [1.29, 1.82) is 5.26 Å². The molecular formula is C17H14ClNO3. The van der Waals surface area contributed by atoms with E-state index < -0.39 is 11.9 Å². The standard InChI is InChI=1S/C17H14ClNO3/c1-22-16-7-6-13(18)9-14(16)15(17(20)21)8-11-2-4-12(10-19)5-3-11/h2-7,9,15H,8H2,1H3,(H,20,21). The Morgan fingerprint density at radius 2 is 2.00 bits per heavy atom. The first-order valence-electron chi connectivity index (χ1n) is 6.60. The molecule has 2 rings (SSSR count). The van der Waals surface area contributed by atoms with Crippen LogP contribution in [0.5, 0.6) is 5.75 Å². The van der Waals surface area contributed by atoms with Crippen LogP contribution in [-0.4, -0.2) is 18.2 Å². The van der Waals surface area contributed by atoms with Crippen LogP contribution < -0.4 is 4.74 Å². The summed E-state index contributed by atoms with van der Waals surface area (Å²) >= 11 is 5.98. The molecular weight excluding hydrogens is 302 g/mol. The maximum atomic E-state index is 11.7. The number of rotatable bonds is 5. The summed E-state index contributed by atoms with van der Waals surface area (Å²) in [6.45, 7) is 0. The quantitative estimate of drug-likeness (QED) is 0.914. The maximum absolute atomic E-state index is 11.7. The van der Waals surface area contributed by atoms with Crippen molar-refractivity contribution in [2.24, 2.45) is 0 Å². The van der Waals surface area contributed by atoms with E-state index in [0.717, 1.165) is 5.56 Å². The molecule has 22 heavy (non-hydrogen) atoms. The van der Waals surface area contributed by atoms with Gasteiger partial charge >= 0.3 is 5.97 Å². The average Bonchev–Trinajstić information content (AvgIpc) is 2.53. The van der Waals surface area contributed by atoms with E-state index in [1.807, 2.05) is 6.07 Å². The lowest BCUT2D eigenvalue weighted by Crippen LogP contribution is -2.15. The van der Waals surface area contributed by atoms with E-state index in [0.29, 0.717) is 21.9 Å². The summed E-state index contributed by atoms with van der Waals surface area (Å²) in [7, 11) is 1.49. The Labute approximate surface area is 133 Å². The van der Waals surface area contributed by atoms with Crippen LogP contribution in [-0.2, 0) is 11.2 Å². The van der Waals surface area contributed by atoms with Gasteiger partial charge in [-0.25, -0.2) is 0 Å². The molecule has 112 valence electrons. The molecule has 0 aliphatic heterocycles. The van der Waals surface area contributed by atoms with Gasteiger partial charge in [0.25, 0.3) is 0 Å². The number of nitrogens with zero attached hydrogens (tertiary/aromatic N) is 1. The van der Waals surface area contributed by atoms with Crippen molar-refractivity contribution in [2.45, 2.75) is 12.3 Å². The number of halogens is 1. The van der Waals surface area contributed by atoms with Gasteiger partial charge in [-0.05, 0) is 42.3 Å². The van der Waals surface area contributed by atoms with Crippen LogP contribution in [0.25, 0.3) is 0 Å². The first-order valence-corrected chi connectivity index (χ1v) is 6.98. The van der Waals surface area contributed by atoms with Crippen molar-refractivity contribution in [3.63, 3.8) is 0 Å². The van der Waals surface area contributed by atoms with Crippen LogP contribution in [0.4, 0.5) is 0 Å². The molecule has 5 heteroatoms. The molecule has 0 radical (unpaired) electrons. The molecule has 0 aromatic heterocycles. The van der Waals surface area contributed by atoms with Crippen LogP contribution >= 0.6 is 11.6 Å². The van der Waals surface area contributed by atoms with Gasteiger partial charge in [0.05, 0.1) is 24.7 Å². The molecule has 2 aromatic carbocycles. The fourth-order valence-corrected chi connectivity index (χ4v) is 2.44. The van der Waals surface area contributed by atoms with Crippen LogP contribution in [0, 0.1) is 11.3 Å². The summed E-state index contributed by atoms with van der Waals surface area (Å²) in [5, 5.41) is 18.8. The number of carbonyl (C=O) groups is 1. The van der Waals surface area contributed by atoms with E-state index in [-0.39, 0.29) is 6.42 Å². The minimum absolute atomic E-state index is 0.289. The van der Waals surface area contributed by atoms with Gasteiger partial charge in [0.15, 0.2) is 0 Å². The van der Waals surface area contributed by atoms with Crippen LogP contribution in [0.15, 0.2) is 42.5 Å². The second kappa shape index (κ2) is 6.97. The topological polar surface area (TPSA) is 70.3 Å². The molecule has 0 saturated heterocycles. The van der Waals surface area contributed by atoms with E-state index in [1.165, 1.54) is 7.11 Å². The van der Waals surface area contributed by atoms with Crippen molar-refractivity contribution in [2.75, 3.05) is 7.11 Å². The summed E-state index contributed by atoms with van der Waals surface area (Å²) in [6.07, 6.45) is 0.289. The number of aliphatic carboxylic acids is 1. The molecule has 0 amide bonds. The highest BCUT2D eigenvalue weighted by atomic mass is 35.5. The van der Waals surface area contributed by atoms with Gasteiger partial charge in [0.1, 0.15) is 5.75 Å². The minimum Gasteiger partial charge on any atom is -0.496 e. The predicted molar refractivity (Wildman–Crippen MR) is 83.2 cm³/mol. The van der Waals surface area contributed by atoms with Crippen molar-refractivity contribution in [3.05, 3.63) is 64.2 Å². The Kier molecular flexibility index (Phi) is 5.03. The predicted octanol–water partition coefficient (Wildman–Crippen LogP) is 3.63. The molecule has 2 aromatic rings. The smallest absolute Gasteiger partial charge is 0.311 e. The summed E-state index contributed by atoms with van der Waals surface area (Å²) in [4.78, 5) is 11.7. The lowest BCUT2D eigenvalue weighted by atomic mass is 9.91. The van der Waals surface area contributed by atoms with E-state index in [4.69, 9.17) is 21.6 Å². The second-order valence-corrected chi connectivity index (χ2v) is 5.23. The van der Waals surface area contributed by atoms with Crippen molar-refractivity contribution in [3.8, 4) is 11.8 Å². The molecule has 0 heterocycles. The molecule has 0 spiro atoms. The minimum atomic E-state index is -0.954. The number of methoxy groups -OCH3 is 1. The van der Waals surface area contributed by atoms with E-state index in [9.17, 15) is 9.90 Å². The molecule has 1 N–H and O–H groups in total. The molecule has 0 saturated carbocycles.